The summed E-state index contributed by atoms with van der Waals surface area (Å²) in [7, 11) is 1.63. The number of anilines is 1. The highest BCUT2D eigenvalue weighted by Gasteiger charge is 2.22. The first kappa shape index (κ1) is 20.1. The van der Waals surface area contributed by atoms with Gasteiger partial charge in [-0.25, -0.2) is 4.98 Å². The van der Waals surface area contributed by atoms with Gasteiger partial charge in [-0.05, 0) is 26.0 Å². The first-order chi connectivity index (χ1) is 14.7. The molecule has 1 aromatic carbocycles. The molecule has 158 valence electrons. The molecule has 0 bridgehead atoms. The van der Waals surface area contributed by atoms with Crippen molar-refractivity contribution < 1.29 is 14.0 Å². The molecule has 3 heterocycles. The Kier molecular flexibility index (Phi) is 6.08. The molecule has 2 aromatic heterocycles. The summed E-state index contributed by atoms with van der Waals surface area (Å²) < 4.78 is 16.4. The van der Waals surface area contributed by atoms with E-state index in [1.54, 1.807) is 7.11 Å². The second kappa shape index (κ2) is 9.08. The number of aromatic nitrogens is 4. The Labute approximate surface area is 175 Å². The Balaban J connectivity index is 1.37. The van der Waals surface area contributed by atoms with Crippen molar-refractivity contribution in [2.45, 2.75) is 20.4 Å². The smallest absolute Gasteiger partial charge is 0.241 e. The molecule has 0 spiro atoms. The molecular weight excluding hydrogens is 384 g/mol. The summed E-state index contributed by atoms with van der Waals surface area (Å²) >= 11 is 0. The molecule has 4 rings (SSSR count). The monoisotopic (exact) mass is 410 g/mol. The van der Waals surface area contributed by atoms with E-state index in [0.717, 1.165) is 43.2 Å². The molecular formula is C21H26N6O3. The van der Waals surface area contributed by atoms with Crippen LogP contribution in [0.1, 0.15) is 18.5 Å². The van der Waals surface area contributed by atoms with E-state index in [0.29, 0.717) is 36.7 Å². The molecule has 0 amide bonds. The van der Waals surface area contributed by atoms with Crippen LogP contribution in [0.4, 0.5) is 5.95 Å². The fourth-order valence-corrected chi connectivity index (χ4v) is 3.44. The number of nitrogens with zero attached hydrogens (tertiary/aromatic N) is 6. The number of rotatable bonds is 7. The number of piperazine rings is 1. The predicted octanol–water partition coefficient (Wildman–Crippen LogP) is 2.56. The lowest BCUT2D eigenvalue weighted by molar-refractivity contribution is 0.214. The van der Waals surface area contributed by atoms with Gasteiger partial charge >= 0.3 is 0 Å². The van der Waals surface area contributed by atoms with E-state index in [9.17, 15) is 0 Å². The van der Waals surface area contributed by atoms with Gasteiger partial charge in [0.25, 0.3) is 0 Å². The maximum absolute atomic E-state index is 5.55. The normalized spacial score (nSPS) is 14.7. The fourth-order valence-electron chi connectivity index (χ4n) is 3.44. The molecule has 0 unspecified atom stereocenters. The topological polar surface area (TPSA) is 89.6 Å². The van der Waals surface area contributed by atoms with Crippen molar-refractivity contribution in [2.75, 3.05) is 44.8 Å². The third kappa shape index (κ3) is 4.51. The van der Waals surface area contributed by atoms with Gasteiger partial charge in [-0.1, -0.05) is 17.3 Å². The average Bonchev–Trinajstić information content (AvgIpc) is 3.22. The molecule has 1 fully saturated rings. The molecule has 0 atom stereocenters. The molecule has 1 aliphatic heterocycles. The van der Waals surface area contributed by atoms with Crippen LogP contribution in [0, 0.1) is 6.92 Å². The van der Waals surface area contributed by atoms with Crippen LogP contribution in [0.3, 0.4) is 0 Å². The lowest BCUT2D eigenvalue weighted by Crippen LogP contribution is -2.46. The second-order valence-electron chi connectivity index (χ2n) is 7.06. The van der Waals surface area contributed by atoms with Crippen LogP contribution in [0.25, 0.3) is 11.4 Å². The van der Waals surface area contributed by atoms with Crippen molar-refractivity contribution in [3.05, 3.63) is 41.9 Å². The lowest BCUT2D eigenvalue weighted by Gasteiger charge is -2.34. The van der Waals surface area contributed by atoms with E-state index in [1.165, 1.54) is 0 Å². The minimum Gasteiger partial charge on any atom is -0.496 e. The van der Waals surface area contributed by atoms with Gasteiger partial charge in [0.2, 0.25) is 23.5 Å². The van der Waals surface area contributed by atoms with Gasteiger partial charge in [0.05, 0.1) is 25.8 Å². The van der Waals surface area contributed by atoms with Crippen molar-refractivity contribution in [3.63, 3.8) is 0 Å². The van der Waals surface area contributed by atoms with E-state index in [1.807, 2.05) is 44.2 Å². The van der Waals surface area contributed by atoms with Gasteiger partial charge < -0.3 is 18.9 Å². The molecule has 0 aliphatic carbocycles. The number of hydrogen-bond acceptors (Lipinski definition) is 9. The molecule has 0 radical (unpaired) electrons. The van der Waals surface area contributed by atoms with Crippen molar-refractivity contribution in [1.82, 2.24) is 25.0 Å². The SMILES string of the molecule is CCOc1cc(C)nc(N2CCN(Cc3nc(-c4ccccc4OC)no3)CC2)n1. The van der Waals surface area contributed by atoms with E-state index < -0.39 is 0 Å². The van der Waals surface area contributed by atoms with Gasteiger partial charge in [0.15, 0.2) is 0 Å². The molecule has 1 saturated heterocycles. The Morgan fingerprint density at radius 2 is 1.87 bits per heavy atom. The fraction of sp³-hybridized carbons (Fsp3) is 0.429. The molecule has 9 heteroatoms. The summed E-state index contributed by atoms with van der Waals surface area (Å²) in [5.41, 5.74) is 1.72. The third-order valence-corrected chi connectivity index (χ3v) is 4.94. The van der Waals surface area contributed by atoms with E-state index in [2.05, 4.69) is 29.9 Å². The van der Waals surface area contributed by atoms with E-state index in [4.69, 9.17) is 14.0 Å². The average molecular weight is 410 g/mol. The van der Waals surface area contributed by atoms with Crippen LogP contribution >= 0.6 is 0 Å². The number of para-hydroxylation sites is 1. The number of benzene rings is 1. The summed E-state index contributed by atoms with van der Waals surface area (Å²) in [5.74, 6) is 3.20. The zero-order valence-corrected chi connectivity index (χ0v) is 17.5. The maximum Gasteiger partial charge on any atom is 0.241 e. The van der Waals surface area contributed by atoms with Crippen molar-refractivity contribution in [2.24, 2.45) is 0 Å². The molecule has 1 aliphatic rings. The number of ether oxygens (including phenoxy) is 2. The Morgan fingerprint density at radius 1 is 1.07 bits per heavy atom. The maximum atomic E-state index is 5.55. The molecule has 3 aromatic rings. The Bertz CT molecular complexity index is 984. The number of aryl methyl sites for hydroxylation is 1. The van der Waals surface area contributed by atoms with E-state index >= 15 is 0 Å². The summed E-state index contributed by atoms with van der Waals surface area (Å²) in [4.78, 5) is 18.1. The van der Waals surface area contributed by atoms with Crippen LogP contribution < -0.4 is 14.4 Å². The van der Waals surface area contributed by atoms with Crippen LogP contribution in [0.5, 0.6) is 11.6 Å². The van der Waals surface area contributed by atoms with E-state index in [-0.39, 0.29) is 0 Å². The van der Waals surface area contributed by atoms with Crippen LogP contribution in [-0.4, -0.2) is 64.9 Å². The van der Waals surface area contributed by atoms with Gasteiger partial charge in [-0.2, -0.15) is 9.97 Å². The van der Waals surface area contributed by atoms with Gasteiger partial charge in [-0.3, -0.25) is 4.90 Å². The first-order valence-corrected chi connectivity index (χ1v) is 10.1. The van der Waals surface area contributed by atoms with Crippen LogP contribution in [0.15, 0.2) is 34.9 Å². The minimum atomic E-state index is 0.540. The molecule has 0 saturated carbocycles. The van der Waals surface area contributed by atoms with Crippen LogP contribution in [-0.2, 0) is 6.54 Å². The highest BCUT2D eigenvalue weighted by atomic mass is 16.5. The molecule has 30 heavy (non-hydrogen) atoms. The van der Waals surface area contributed by atoms with Gasteiger partial charge in [0, 0.05) is 37.9 Å². The van der Waals surface area contributed by atoms with Crippen LogP contribution in [0.2, 0.25) is 0 Å². The number of methoxy groups -OCH3 is 1. The highest BCUT2D eigenvalue weighted by molar-refractivity contribution is 5.63. The van der Waals surface area contributed by atoms with Crippen molar-refractivity contribution >= 4 is 5.95 Å². The standard InChI is InChI=1S/C21H26N6O3/c1-4-29-18-13-15(2)22-21(24-18)27-11-9-26(10-12-27)14-19-23-20(25-30-19)16-7-5-6-8-17(16)28-3/h5-8,13H,4,9-12,14H2,1-3H3. The summed E-state index contributed by atoms with van der Waals surface area (Å²) in [6, 6.07) is 9.51. The van der Waals surface area contributed by atoms with Gasteiger partial charge in [-0.15, -0.1) is 0 Å². The summed E-state index contributed by atoms with van der Waals surface area (Å²) in [6.07, 6.45) is 0. The minimum absolute atomic E-state index is 0.540. The lowest BCUT2D eigenvalue weighted by atomic mass is 10.2. The number of hydrogen-bond donors (Lipinski definition) is 0. The van der Waals surface area contributed by atoms with Crippen molar-refractivity contribution in [3.8, 4) is 23.0 Å². The second-order valence-corrected chi connectivity index (χ2v) is 7.06. The molecule has 9 nitrogen and oxygen atoms in total. The third-order valence-electron chi connectivity index (χ3n) is 4.94. The quantitative estimate of drug-likeness (QED) is 0.583. The first-order valence-electron chi connectivity index (χ1n) is 10.1. The zero-order chi connectivity index (χ0) is 20.9. The Hall–Kier alpha value is -3.20. The largest absolute Gasteiger partial charge is 0.496 e. The van der Waals surface area contributed by atoms with Crippen molar-refractivity contribution in [1.29, 1.82) is 0 Å². The summed E-state index contributed by atoms with van der Waals surface area (Å²) in [6.45, 7) is 8.46. The summed E-state index contributed by atoms with van der Waals surface area (Å²) in [5, 5.41) is 4.12. The molecule has 0 N–H and O–H groups in total. The Morgan fingerprint density at radius 3 is 2.63 bits per heavy atom. The highest BCUT2D eigenvalue weighted by Crippen LogP contribution is 2.27. The zero-order valence-electron chi connectivity index (χ0n) is 17.5. The predicted molar refractivity (Wildman–Crippen MR) is 112 cm³/mol. The van der Waals surface area contributed by atoms with Gasteiger partial charge in [0.1, 0.15) is 5.75 Å².